The molecular formula is C23H23ClFNO3. The highest BCUT2D eigenvalue weighted by Crippen LogP contribution is 2.41. The number of hydrogen-bond acceptors (Lipinski definition) is 4. The monoisotopic (exact) mass is 415 g/mol. The Hall–Kier alpha value is -2.37. The van der Waals surface area contributed by atoms with Gasteiger partial charge in [-0.2, -0.15) is 0 Å². The van der Waals surface area contributed by atoms with E-state index in [0.29, 0.717) is 35.3 Å². The summed E-state index contributed by atoms with van der Waals surface area (Å²) in [5.74, 6) is 0.696. The maximum Gasteiger partial charge on any atom is 0.231 e. The number of carbonyl (C=O) groups is 1. The molecule has 6 heteroatoms. The second kappa shape index (κ2) is 7.81. The first-order valence-corrected chi connectivity index (χ1v) is 10.2. The van der Waals surface area contributed by atoms with Crippen LogP contribution in [0.4, 0.5) is 4.39 Å². The number of phenolic OH excluding ortho intramolecular Hbond substituents is 1. The van der Waals surface area contributed by atoms with E-state index in [1.807, 2.05) is 0 Å². The zero-order valence-electron chi connectivity index (χ0n) is 16.4. The third-order valence-corrected chi connectivity index (χ3v) is 5.85. The number of ether oxygens (including phenoxy) is 1. The molecule has 0 aromatic heterocycles. The molecule has 2 heterocycles. The van der Waals surface area contributed by atoms with Crippen LogP contribution in [0.3, 0.4) is 0 Å². The van der Waals surface area contributed by atoms with Gasteiger partial charge < -0.3 is 9.84 Å². The molecule has 0 saturated carbocycles. The van der Waals surface area contributed by atoms with E-state index in [-0.39, 0.29) is 27.9 Å². The van der Waals surface area contributed by atoms with Crippen LogP contribution in [0, 0.1) is 17.7 Å². The Bertz CT molecular complexity index is 974. The van der Waals surface area contributed by atoms with Gasteiger partial charge in [0.15, 0.2) is 5.76 Å². The largest absolute Gasteiger partial charge is 0.507 e. The van der Waals surface area contributed by atoms with E-state index >= 15 is 0 Å². The maximum atomic E-state index is 14.1. The van der Waals surface area contributed by atoms with Gasteiger partial charge in [-0.25, -0.2) is 4.39 Å². The Balaban J connectivity index is 1.67. The van der Waals surface area contributed by atoms with Gasteiger partial charge in [0, 0.05) is 25.2 Å². The van der Waals surface area contributed by atoms with Crippen LogP contribution in [-0.2, 0) is 6.54 Å². The molecular weight excluding hydrogens is 393 g/mol. The standard InChI is InChI=1S/C23H23ClFNO3/c1-13-8-14(2)11-26(10-13)12-17-20(27)7-6-15-22(28)21(29-23(15)17)9-16-18(24)4-3-5-19(16)25/h3-7,9,13-14,27H,8,10-12H2,1-2H3/t13-,14-/m0/s1. The Labute approximate surface area is 174 Å². The summed E-state index contributed by atoms with van der Waals surface area (Å²) in [5, 5.41) is 10.7. The number of fused-ring (bicyclic) bond motifs is 1. The number of ketones is 1. The Morgan fingerprint density at radius 3 is 2.66 bits per heavy atom. The normalized spacial score (nSPS) is 23.3. The van der Waals surface area contributed by atoms with Gasteiger partial charge in [-0.15, -0.1) is 0 Å². The average Bonchev–Trinajstić information content (AvgIpc) is 2.96. The summed E-state index contributed by atoms with van der Waals surface area (Å²) in [6.45, 7) is 6.78. The number of piperidine rings is 1. The van der Waals surface area contributed by atoms with E-state index in [2.05, 4.69) is 18.7 Å². The van der Waals surface area contributed by atoms with Crippen LogP contribution in [0.25, 0.3) is 6.08 Å². The second-order valence-electron chi connectivity index (χ2n) is 8.16. The van der Waals surface area contributed by atoms with Crippen LogP contribution in [-0.4, -0.2) is 28.9 Å². The average molecular weight is 416 g/mol. The van der Waals surface area contributed by atoms with Crippen molar-refractivity contribution in [3.63, 3.8) is 0 Å². The minimum Gasteiger partial charge on any atom is -0.507 e. The molecule has 2 aliphatic rings. The minimum absolute atomic E-state index is 0.000713. The van der Waals surface area contributed by atoms with E-state index in [4.69, 9.17) is 16.3 Å². The number of nitrogens with zero attached hydrogens (tertiary/aromatic N) is 1. The number of benzene rings is 2. The number of Topliss-reactive ketones (excluding diaryl/α,β-unsaturated/α-hetero) is 1. The van der Waals surface area contributed by atoms with Crippen molar-refractivity contribution < 1.29 is 19.0 Å². The van der Waals surface area contributed by atoms with Crippen molar-refractivity contribution in [2.75, 3.05) is 13.1 Å². The summed E-state index contributed by atoms with van der Waals surface area (Å²) < 4.78 is 20.0. The van der Waals surface area contributed by atoms with Crippen LogP contribution in [0.1, 0.15) is 41.8 Å². The molecule has 2 aliphatic heterocycles. The number of halogens is 2. The summed E-state index contributed by atoms with van der Waals surface area (Å²) in [6, 6.07) is 7.40. The van der Waals surface area contributed by atoms with E-state index in [1.54, 1.807) is 12.1 Å². The fourth-order valence-electron chi connectivity index (χ4n) is 4.37. The van der Waals surface area contributed by atoms with Crippen LogP contribution < -0.4 is 4.74 Å². The zero-order chi connectivity index (χ0) is 20.7. The molecule has 1 N–H and O–H groups in total. The van der Waals surface area contributed by atoms with E-state index < -0.39 is 5.82 Å². The zero-order valence-corrected chi connectivity index (χ0v) is 17.2. The summed E-state index contributed by atoms with van der Waals surface area (Å²) >= 11 is 6.08. The molecule has 0 amide bonds. The predicted molar refractivity (Wildman–Crippen MR) is 111 cm³/mol. The molecule has 4 rings (SSSR count). The third-order valence-electron chi connectivity index (χ3n) is 5.52. The van der Waals surface area contributed by atoms with Crippen molar-refractivity contribution in [2.24, 2.45) is 11.8 Å². The lowest BCUT2D eigenvalue weighted by atomic mass is 9.91. The van der Waals surface area contributed by atoms with Gasteiger partial charge in [-0.05, 0) is 48.6 Å². The Morgan fingerprint density at radius 1 is 1.24 bits per heavy atom. The fraction of sp³-hybridized carbons (Fsp3) is 0.348. The number of rotatable bonds is 3. The fourth-order valence-corrected chi connectivity index (χ4v) is 4.59. The second-order valence-corrected chi connectivity index (χ2v) is 8.56. The van der Waals surface area contributed by atoms with Crippen molar-refractivity contribution in [2.45, 2.75) is 26.8 Å². The van der Waals surface area contributed by atoms with Crippen molar-refractivity contribution >= 4 is 23.5 Å². The summed E-state index contributed by atoms with van der Waals surface area (Å²) in [7, 11) is 0. The molecule has 152 valence electrons. The van der Waals surface area contributed by atoms with Crippen molar-refractivity contribution in [3.8, 4) is 11.5 Å². The lowest BCUT2D eigenvalue weighted by Gasteiger charge is -2.35. The van der Waals surface area contributed by atoms with E-state index in [0.717, 1.165) is 13.1 Å². The molecule has 4 nitrogen and oxygen atoms in total. The molecule has 2 aromatic carbocycles. The Morgan fingerprint density at radius 2 is 1.97 bits per heavy atom. The number of hydrogen-bond donors (Lipinski definition) is 1. The van der Waals surface area contributed by atoms with Gasteiger partial charge in [0.25, 0.3) is 0 Å². The van der Waals surface area contributed by atoms with Gasteiger partial charge in [0.05, 0.1) is 16.1 Å². The van der Waals surface area contributed by atoms with Gasteiger partial charge in [0.2, 0.25) is 5.78 Å². The first-order chi connectivity index (χ1) is 13.8. The molecule has 1 saturated heterocycles. The number of phenols is 1. The van der Waals surface area contributed by atoms with Crippen LogP contribution in [0.5, 0.6) is 11.5 Å². The molecule has 0 radical (unpaired) electrons. The summed E-state index contributed by atoms with van der Waals surface area (Å²) in [5.41, 5.74) is 1.06. The van der Waals surface area contributed by atoms with Gasteiger partial charge in [-0.3, -0.25) is 9.69 Å². The van der Waals surface area contributed by atoms with Crippen molar-refractivity contribution in [3.05, 3.63) is 63.6 Å². The van der Waals surface area contributed by atoms with Crippen molar-refractivity contribution in [1.82, 2.24) is 4.90 Å². The molecule has 0 unspecified atom stereocenters. The van der Waals surface area contributed by atoms with Crippen molar-refractivity contribution in [1.29, 1.82) is 0 Å². The summed E-state index contributed by atoms with van der Waals surface area (Å²) in [6.07, 6.45) is 2.51. The summed E-state index contributed by atoms with van der Waals surface area (Å²) in [4.78, 5) is 15.1. The highest BCUT2D eigenvalue weighted by atomic mass is 35.5. The highest BCUT2D eigenvalue weighted by Gasteiger charge is 2.33. The number of aromatic hydroxyl groups is 1. The van der Waals surface area contributed by atoms with E-state index in [9.17, 15) is 14.3 Å². The van der Waals surface area contributed by atoms with Crippen LogP contribution >= 0.6 is 11.6 Å². The number of allylic oxidation sites excluding steroid dienone is 1. The molecule has 0 bridgehead atoms. The van der Waals surface area contributed by atoms with Gasteiger partial charge >= 0.3 is 0 Å². The highest BCUT2D eigenvalue weighted by molar-refractivity contribution is 6.32. The van der Waals surface area contributed by atoms with Crippen LogP contribution in [0.15, 0.2) is 36.1 Å². The smallest absolute Gasteiger partial charge is 0.231 e. The minimum atomic E-state index is -0.531. The van der Waals surface area contributed by atoms with Gasteiger partial charge in [-0.1, -0.05) is 31.5 Å². The van der Waals surface area contributed by atoms with Gasteiger partial charge in [0.1, 0.15) is 17.3 Å². The molecule has 2 aromatic rings. The van der Waals surface area contributed by atoms with E-state index in [1.165, 1.54) is 30.7 Å². The molecule has 2 atom stereocenters. The maximum absolute atomic E-state index is 14.1. The number of carbonyl (C=O) groups excluding carboxylic acids is 1. The van der Waals surface area contributed by atoms with Crippen LogP contribution in [0.2, 0.25) is 5.02 Å². The molecule has 29 heavy (non-hydrogen) atoms. The quantitative estimate of drug-likeness (QED) is 0.693. The third kappa shape index (κ3) is 3.89. The number of likely N-dealkylation sites (tertiary alicyclic amines) is 1. The first kappa shape index (κ1) is 19.9. The topological polar surface area (TPSA) is 49.8 Å². The first-order valence-electron chi connectivity index (χ1n) is 9.79. The predicted octanol–water partition coefficient (Wildman–Crippen LogP) is 5.28. The lowest BCUT2D eigenvalue weighted by Crippen LogP contribution is -2.38. The molecule has 0 spiro atoms. The Kier molecular flexibility index (Phi) is 5.36. The molecule has 0 aliphatic carbocycles. The molecule has 1 fully saturated rings. The SMILES string of the molecule is C[C@H]1C[C@H](C)CN(Cc2c(O)ccc3c2OC(=Cc2c(F)cccc2Cl)C3=O)C1. The lowest BCUT2D eigenvalue weighted by molar-refractivity contribution is 0.101.